The van der Waals surface area contributed by atoms with E-state index < -0.39 is 49.3 Å². The average molecular weight is 601 g/mol. The van der Waals surface area contributed by atoms with Crippen LogP contribution in [0.4, 0.5) is 5.69 Å². The summed E-state index contributed by atoms with van der Waals surface area (Å²) in [5.74, 6) is -1.30. The summed E-state index contributed by atoms with van der Waals surface area (Å²) in [5, 5.41) is 14.1. The molecule has 5 heterocycles. The van der Waals surface area contributed by atoms with Crippen molar-refractivity contribution in [2.45, 2.75) is 70.8 Å². The van der Waals surface area contributed by atoms with E-state index in [4.69, 9.17) is 18.9 Å². The molecule has 39 heavy (non-hydrogen) atoms. The summed E-state index contributed by atoms with van der Waals surface area (Å²) in [6.45, 7) is 13.0. The number of furan rings is 1. The van der Waals surface area contributed by atoms with Gasteiger partial charge in [0.2, 0.25) is 0 Å². The molecule has 0 aliphatic carbocycles. The lowest BCUT2D eigenvalue weighted by Gasteiger charge is -2.47. The molecular formula is C24H32N4O8S3. The highest BCUT2D eigenvalue weighted by atomic mass is 32.2. The van der Waals surface area contributed by atoms with Crippen LogP contribution in [0.1, 0.15) is 64.0 Å². The van der Waals surface area contributed by atoms with Crippen molar-refractivity contribution in [3.63, 3.8) is 0 Å². The van der Waals surface area contributed by atoms with Crippen LogP contribution < -0.4 is 10.0 Å². The molecule has 214 valence electrons. The quantitative estimate of drug-likeness (QED) is 0.449. The molecule has 0 radical (unpaired) electrons. The second kappa shape index (κ2) is 9.04. The lowest BCUT2D eigenvalue weighted by atomic mass is 9.85. The van der Waals surface area contributed by atoms with E-state index in [-0.39, 0.29) is 44.3 Å². The number of ether oxygens (including phenoxy) is 2. The van der Waals surface area contributed by atoms with Gasteiger partial charge in [0.15, 0.2) is 27.0 Å². The van der Waals surface area contributed by atoms with Crippen LogP contribution in [0.25, 0.3) is 0 Å². The van der Waals surface area contributed by atoms with Crippen LogP contribution in [0.2, 0.25) is 0 Å². The third-order valence-electron chi connectivity index (χ3n) is 6.72. The molecule has 0 unspecified atom stereocenters. The van der Waals surface area contributed by atoms with Gasteiger partial charge in [0.1, 0.15) is 28.9 Å². The van der Waals surface area contributed by atoms with Crippen molar-refractivity contribution in [3.05, 3.63) is 39.1 Å². The zero-order valence-corrected chi connectivity index (χ0v) is 25.1. The summed E-state index contributed by atoms with van der Waals surface area (Å²) in [6, 6.07) is 3.00. The van der Waals surface area contributed by atoms with E-state index in [1.54, 1.807) is 39.8 Å². The number of aryl methyl sites for hydroxylation is 1. The maximum atomic E-state index is 13.5. The van der Waals surface area contributed by atoms with Gasteiger partial charge in [0, 0.05) is 13.1 Å². The fourth-order valence-corrected chi connectivity index (χ4v) is 9.72. The molecule has 2 aromatic heterocycles. The summed E-state index contributed by atoms with van der Waals surface area (Å²) in [4.78, 5) is 4.57. The minimum absolute atomic E-state index is 0.00631. The number of aliphatic imine (C=N–C) groups is 1. The van der Waals surface area contributed by atoms with E-state index >= 15 is 0 Å². The van der Waals surface area contributed by atoms with Crippen LogP contribution in [0.5, 0.6) is 5.75 Å². The number of hydrogen-bond donors (Lipinski definition) is 3. The molecule has 5 rings (SSSR count). The van der Waals surface area contributed by atoms with E-state index in [0.717, 1.165) is 0 Å². The average Bonchev–Trinajstić information content (AvgIpc) is 3.45. The molecule has 2 aromatic rings. The number of hydrogen-bond acceptors (Lipinski definition) is 11. The first kappa shape index (κ1) is 28.1. The minimum Gasteiger partial charge on any atom is -0.504 e. The van der Waals surface area contributed by atoms with Gasteiger partial charge in [-0.2, -0.15) is 4.31 Å². The highest BCUT2D eigenvalue weighted by Gasteiger charge is 2.63. The first-order valence-electron chi connectivity index (χ1n) is 12.5. The van der Waals surface area contributed by atoms with Crippen LogP contribution in [0.15, 0.2) is 36.4 Å². The van der Waals surface area contributed by atoms with Crippen LogP contribution in [0, 0.1) is 12.3 Å². The monoisotopic (exact) mass is 600 g/mol. The zero-order valence-electron chi connectivity index (χ0n) is 22.6. The molecule has 1 atom stereocenters. The van der Waals surface area contributed by atoms with Crippen LogP contribution in [-0.2, 0) is 35.3 Å². The van der Waals surface area contributed by atoms with Crippen molar-refractivity contribution < 1.29 is 35.8 Å². The second-order valence-electron chi connectivity index (χ2n) is 10.6. The van der Waals surface area contributed by atoms with Gasteiger partial charge < -0.3 is 24.3 Å². The van der Waals surface area contributed by atoms with Gasteiger partial charge >= 0.3 is 0 Å². The molecule has 12 nitrogen and oxygen atoms in total. The largest absolute Gasteiger partial charge is 0.504 e. The summed E-state index contributed by atoms with van der Waals surface area (Å²) in [7, 11) is -8.33. The Kier molecular flexibility index (Phi) is 6.52. The van der Waals surface area contributed by atoms with Gasteiger partial charge in [-0.05, 0) is 31.4 Å². The first-order chi connectivity index (χ1) is 18.1. The van der Waals surface area contributed by atoms with Gasteiger partial charge in [0.25, 0.3) is 25.8 Å². The maximum Gasteiger partial charge on any atom is 0.267 e. The normalized spacial score (nSPS) is 25.8. The van der Waals surface area contributed by atoms with Gasteiger partial charge in [0.05, 0.1) is 4.88 Å². The number of anilines is 1. The number of sulfonamides is 2. The molecule has 3 N–H and O–H groups in total. The standard InChI is InChI=1S/C24H32N4O8S3/c1-8-28(9-2)39(32,33)22-17(29)15-19(37-22)24(35-13(4)36-24)20-16(25-15)21(27-38(20,30)31)26-18(23(5,6)7)14-11-10-12(3)34-14/h10-11,13,18,25,29H,8-9H2,1-7H3,(H,26,27)/t13?,18-,24?/m0/s1. The molecular weight excluding hydrogens is 568 g/mol. The zero-order chi connectivity index (χ0) is 28.7. The predicted molar refractivity (Wildman–Crippen MR) is 145 cm³/mol. The van der Waals surface area contributed by atoms with Crippen molar-refractivity contribution in [1.29, 1.82) is 0 Å². The molecule has 0 saturated carbocycles. The SMILES string of the molecule is CCN(CC)S(=O)(=O)c1sc2c(c1O)NC1=C(C23OC(C)O3)S(=O)(=O)NC1=N[C@@H](c1ccc(C)o1)C(C)(C)C. The molecule has 1 spiro atoms. The van der Waals surface area contributed by atoms with Gasteiger partial charge in [-0.1, -0.05) is 34.6 Å². The van der Waals surface area contributed by atoms with E-state index in [1.807, 2.05) is 20.8 Å². The number of rotatable bonds is 6. The summed E-state index contributed by atoms with van der Waals surface area (Å²) in [5.41, 5.74) is -0.479. The number of nitrogens with one attached hydrogen (secondary N) is 2. The number of fused-ring (bicyclic) bond motifs is 3. The topological polar surface area (TPSA) is 160 Å². The van der Waals surface area contributed by atoms with Crippen LogP contribution >= 0.6 is 11.3 Å². The highest BCUT2D eigenvalue weighted by Crippen LogP contribution is 2.60. The summed E-state index contributed by atoms with van der Waals surface area (Å²) in [6.07, 6.45) is -0.776. The number of nitrogens with zero attached hydrogens (tertiary/aromatic N) is 2. The van der Waals surface area contributed by atoms with Gasteiger partial charge in [-0.15, -0.1) is 11.3 Å². The van der Waals surface area contributed by atoms with Crippen molar-refractivity contribution in [2.24, 2.45) is 10.4 Å². The van der Waals surface area contributed by atoms with Gasteiger partial charge in [-0.3, -0.25) is 9.71 Å². The third kappa shape index (κ3) is 4.21. The third-order valence-corrected chi connectivity index (χ3v) is 12.0. The van der Waals surface area contributed by atoms with Crippen molar-refractivity contribution in [3.8, 4) is 5.75 Å². The molecule has 0 aromatic carbocycles. The summed E-state index contributed by atoms with van der Waals surface area (Å²) < 4.78 is 74.8. The highest BCUT2D eigenvalue weighted by molar-refractivity contribution is 7.94. The molecule has 1 fully saturated rings. The molecule has 3 aliphatic rings. The van der Waals surface area contributed by atoms with E-state index in [0.29, 0.717) is 22.9 Å². The number of thiophene rings is 1. The first-order valence-corrected chi connectivity index (χ1v) is 16.2. The maximum absolute atomic E-state index is 13.5. The van der Waals surface area contributed by atoms with E-state index in [2.05, 4.69) is 10.0 Å². The number of aromatic hydroxyl groups is 1. The molecule has 15 heteroatoms. The van der Waals surface area contributed by atoms with Gasteiger partial charge in [-0.25, -0.2) is 16.8 Å². The van der Waals surface area contributed by atoms with Crippen molar-refractivity contribution in [2.75, 3.05) is 18.4 Å². The Bertz CT molecular complexity index is 1600. The van der Waals surface area contributed by atoms with Crippen molar-refractivity contribution in [1.82, 2.24) is 9.03 Å². The lowest BCUT2D eigenvalue weighted by Crippen LogP contribution is -2.53. The Morgan fingerprint density at radius 2 is 1.87 bits per heavy atom. The van der Waals surface area contributed by atoms with Crippen LogP contribution in [0.3, 0.4) is 0 Å². The molecule has 0 amide bonds. The minimum atomic E-state index is -4.24. The second-order valence-corrected chi connectivity index (χ2v) is 15.4. The Balaban J connectivity index is 1.70. The Morgan fingerprint density at radius 3 is 2.38 bits per heavy atom. The predicted octanol–water partition coefficient (Wildman–Crippen LogP) is 3.69. The smallest absolute Gasteiger partial charge is 0.267 e. The Hall–Kier alpha value is -2.43. The molecule has 3 aliphatic heterocycles. The van der Waals surface area contributed by atoms with E-state index in [9.17, 15) is 21.9 Å². The number of amidine groups is 1. The lowest BCUT2D eigenvalue weighted by molar-refractivity contribution is -0.433. The van der Waals surface area contributed by atoms with E-state index in [1.165, 1.54) is 4.31 Å². The molecule has 0 bridgehead atoms. The van der Waals surface area contributed by atoms with Crippen molar-refractivity contribution >= 4 is 42.9 Å². The fourth-order valence-electron chi connectivity index (χ4n) is 4.96. The van der Waals surface area contributed by atoms with Crippen LogP contribution in [-0.4, -0.2) is 51.5 Å². The Morgan fingerprint density at radius 1 is 1.23 bits per heavy atom. The fraction of sp³-hybridized carbons (Fsp3) is 0.542. The molecule has 1 saturated heterocycles. The Labute approximate surface area is 231 Å². The summed E-state index contributed by atoms with van der Waals surface area (Å²) >= 11 is 0.708.